The van der Waals surface area contributed by atoms with Gasteiger partial charge in [0.2, 0.25) is 5.95 Å². The molecule has 0 amide bonds. The Bertz CT molecular complexity index is 1260. The van der Waals surface area contributed by atoms with Gasteiger partial charge < -0.3 is 4.90 Å². The summed E-state index contributed by atoms with van der Waals surface area (Å²) in [4.78, 5) is 14.8. The van der Waals surface area contributed by atoms with Crippen molar-refractivity contribution in [2.45, 2.75) is 50.1 Å². The van der Waals surface area contributed by atoms with Crippen molar-refractivity contribution in [2.24, 2.45) is 0 Å². The Balaban J connectivity index is 1.35. The van der Waals surface area contributed by atoms with Crippen molar-refractivity contribution in [1.82, 2.24) is 14.9 Å². The Morgan fingerprint density at radius 1 is 0.969 bits per heavy atom. The molecule has 0 spiro atoms. The van der Waals surface area contributed by atoms with Crippen LogP contribution in [0.15, 0.2) is 47.4 Å². The van der Waals surface area contributed by atoms with E-state index < -0.39 is 9.84 Å². The van der Waals surface area contributed by atoms with E-state index in [2.05, 4.69) is 34.1 Å². The molecular formula is C25H30N4O2S. The first kappa shape index (κ1) is 21.3. The van der Waals surface area contributed by atoms with Crippen LogP contribution in [0, 0.1) is 6.92 Å². The van der Waals surface area contributed by atoms with Gasteiger partial charge in [0.25, 0.3) is 0 Å². The minimum absolute atomic E-state index is 0.301. The number of hydrogen-bond donors (Lipinski definition) is 0. The normalized spacial score (nSPS) is 20.2. The molecule has 0 N–H and O–H groups in total. The second-order valence-electron chi connectivity index (χ2n) is 9.12. The highest BCUT2D eigenvalue weighted by atomic mass is 32.2. The number of hydrogen-bond acceptors (Lipinski definition) is 6. The van der Waals surface area contributed by atoms with E-state index in [-0.39, 0.29) is 0 Å². The zero-order chi connectivity index (χ0) is 22.3. The molecule has 1 aromatic heterocycles. The molecule has 1 fully saturated rings. The standard InChI is InChI=1S/C25H30N4O2S/c1-18-23-10-9-22(32(2,30)31)16-24(23)27-25(26-18)28-13-5-8-21(12-15-28)29-14-11-19-6-3-4-7-20(19)17-29/h3-4,6-7,9-10,16,21H,5,8,11-15,17H2,1-2H3. The lowest BCUT2D eigenvalue weighted by atomic mass is 9.97. The van der Waals surface area contributed by atoms with Crippen molar-refractivity contribution in [3.8, 4) is 0 Å². The maximum atomic E-state index is 12.0. The fraction of sp³-hybridized carbons (Fsp3) is 0.440. The lowest BCUT2D eigenvalue weighted by molar-refractivity contribution is 0.165. The van der Waals surface area contributed by atoms with E-state index in [1.165, 1.54) is 23.8 Å². The van der Waals surface area contributed by atoms with Crippen LogP contribution in [0.25, 0.3) is 10.9 Å². The SMILES string of the molecule is Cc1nc(N2CCCC(N3CCc4ccccc4C3)CC2)nc2cc(S(C)(=O)=O)ccc12. The number of anilines is 1. The number of nitrogens with zero attached hydrogens (tertiary/aromatic N) is 4. The van der Waals surface area contributed by atoms with Crippen LogP contribution in [-0.2, 0) is 22.8 Å². The van der Waals surface area contributed by atoms with Gasteiger partial charge in [-0.25, -0.2) is 18.4 Å². The highest BCUT2D eigenvalue weighted by Gasteiger charge is 2.26. The number of rotatable bonds is 3. The minimum atomic E-state index is -3.27. The molecule has 2 aliphatic rings. The van der Waals surface area contributed by atoms with Crippen molar-refractivity contribution in [1.29, 1.82) is 0 Å². The lowest BCUT2D eigenvalue weighted by Crippen LogP contribution is -2.40. The molecule has 1 atom stereocenters. The molecule has 1 unspecified atom stereocenters. The van der Waals surface area contributed by atoms with Gasteiger partial charge in [0, 0.05) is 43.9 Å². The van der Waals surface area contributed by atoms with Gasteiger partial charge in [-0.3, -0.25) is 4.90 Å². The smallest absolute Gasteiger partial charge is 0.226 e. The maximum absolute atomic E-state index is 12.0. The summed E-state index contributed by atoms with van der Waals surface area (Å²) in [5.41, 5.74) is 4.55. The molecule has 0 radical (unpaired) electrons. The van der Waals surface area contributed by atoms with Crippen LogP contribution in [-0.4, -0.2) is 55.2 Å². The molecule has 0 aliphatic carbocycles. The van der Waals surface area contributed by atoms with Crippen molar-refractivity contribution in [2.75, 3.05) is 30.8 Å². The third-order valence-corrected chi connectivity index (χ3v) is 8.04. The van der Waals surface area contributed by atoms with Gasteiger partial charge in [-0.05, 0) is 61.9 Å². The molecule has 7 heteroatoms. The summed E-state index contributed by atoms with van der Waals surface area (Å²) in [5, 5.41) is 0.904. The fourth-order valence-electron chi connectivity index (χ4n) is 5.10. The molecule has 2 aromatic carbocycles. The minimum Gasteiger partial charge on any atom is -0.341 e. The Morgan fingerprint density at radius 2 is 1.78 bits per heavy atom. The average molecular weight is 451 g/mol. The van der Waals surface area contributed by atoms with Gasteiger partial charge in [0.1, 0.15) is 0 Å². The molecular weight excluding hydrogens is 420 g/mol. The van der Waals surface area contributed by atoms with Crippen molar-refractivity contribution >= 4 is 26.7 Å². The van der Waals surface area contributed by atoms with E-state index in [1.807, 2.05) is 13.0 Å². The van der Waals surface area contributed by atoms with Crippen LogP contribution in [0.4, 0.5) is 5.95 Å². The topological polar surface area (TPSA) is 66.4 Å². The van der Waals surface area contributed by atoms with Crippen molar-refractivity contribution in [3.63, 3.8) is 0 Å². The summed E-state index contributed by atoms with van der Waals surface area (Å²) >= 11 is 0. The van der Waals surface area contributed by atoms with Crippen molar-refractivity contribution < 1.29 is 8.42 Å². The molecule has 0 saturated carbocycles. The maximum Gasteiger partial charge on any atom is 0.226 e. The van der Waals surface area contributed by atoms with Crippen LogP contribution in [0.5, 0.6) is 0 Å². The predicted molar refractivity (Wildman–Crippen MR) is 128 cm³/mol. The zero-order valence-corrected chi connectivity index (χ0v) is 19.6. The van der Waals surface area contributed by atoms with Crippen LogP contribution >= 0.6 is 0 Å². The molecule has 168 valence electrons. The van der Waals surface area contributed by atoms with Gasteiger partial charge in [0.15, 0.2) is 9.84 Å². The second-order valence-corrected chi connectivity index (χ2v) is 11.1. The monoisotopic (exact) mass is 450 g/mol. The number of aromatic nitrogens is 2. The Hall–Kier alpha value is -2.51. The van der Waals surface area contributed by atoms with E-state index in [0.29, 0.717) is 22.4 Å². The summed E-state index contributed by atoms with van der Waals surface area (Å²) in [6, 6.07) is 14.5. The molecule has 32 heavy (non-hydrogen) atoms. The van der Waals surface area contributed by atoms with E-state index in [1.54, 1.807) is 12.1 Å². The first-order valence-electron chi connectivity index (χ1n) is 11.4. The lowest BCUT2D eigenvalue weighted by Gasteiger charge is -2.35. The average Bonchev–Trinajstić information content (AvgIpc) is 3.04. The van der Waals surface area contributed by atoms with Crippen molar-refractivity contribution in [3.05, 3.63) is 59.3 Å². The number of fused-ring (bicyclic) bond motifs is 2. The van der Waals surface area contributed by atoms with Gasteiger partial charge in [-0.2, -0.15) is 0 Å². The van der Waals surface area contributed by atoms with E-state index in [9.17, 15) is 8.42 Å². The summed E-state index contributed by atoms with van der Waals surface area (Å²) < 4.78 is 24.0. The van der Waals surface area contributed by atoms with Crippen LogP contribution in [0.1, 0.15) is 36.1 Å². The summed E-state index contributed by atoms with van der Waals surface area (Å²) in [5.74, 6) is 0.713. The molecule has 6 nitrogen and oxygen atoms in total. The summed E-state index contributed by atoms with van der Waals surface area (Å²) in [6.07, 6.45) is 5.74. The number of aryl methyl sites for hydroxylation is 1. The van der Waals surface area contributed by atoms with Gasteiger partial charge in [0.05, 0.1) is 16.1 Å². The molecule has 2 aliphatic heterocycles. The predicted octanol–water partition coefficient (Wildman–Crippen LogP) is 3.76. The van der Waals surface area contributed by atoms with Gasteiger partial charge in [-0.1, -0.05) is 24.3 Å². The quantitative estimate of drug-likeness (QED) is 0.605. The zero-order valence-electron chi connectivity index (χ0n) is 18.8. The van der Waals surface area contributed by atoms with Crippen LogP contribution in [0.3, 0.4) is 0 Å². The number of sulfone groups is 1. The first-order chi connectivity index (χ1) is 15.4. The Labute approximate surface area is 190 Å². The Kier molecular flexibility index (Phi) is 5.63. The first-order valence-corrected chi connectivity index (χ1v) is 13.3. The van der Waals surface area contributed by atoms with Crippen LogP contribution in [0.2, 0.25) is 0 Å². The second kappa shape index (κ2) is 8.45. The highest BCUT2D eigenvalue weighted by Crippen LogP contribution is 2.27. The van der Waals surface area contributed by atoms with Gasteiger partial charge >= 0.3 is 0 Å². The third-order valence-electron chi connectivity index (χ3n) is 6.93. The van der Waals surface area contributed by atoms with Gasteiger partial charge in [-0.15, -0.1) is 0 Å². The highest BCUT2D eigenvalue weighted by molar-refractivity contribution is 7.90. The molecule has 0 bridgehead atoms. The number of benzene rings is 2. The molecule has 3 heterocycles. The van der Waals surface area contributed by atoms with E-state index in [0.717, 1.165) is 56.5 Å². The molecule has 5 rings (SSSR count). The van der Waals surface area contributed by atoms with E-state index in [4.69, 9.17) is 9.97 Å². The third kappa shape index (κ3) is 4.24. The van der Waals surface area contributed by atoms with Crippen LogP contribution < -0.4 is 4.90 Å². The molecule has 1 saturated heterocycles. The Morgan fingerprint density at radius 3 is 2.59 bits per heavy atom. The summed E-state index contributed by atoms with van der Waals surface area (Å²) in [7, 11) is -3.27. The van der Waals surface area contributed by atoms with E-state index >= 15 is 0 Å². The fourth-order valence-corrected chi connectivity index (χ4v) is 5.74. The summed E-state index contributed by atoms with van der Waals surface area (Å²) in [6.45, 7) is 5.98. The molecule has 3 aromatic rings. The largest absolute Gasteiger partial charge is 0.341 e.